The van der Waals surface area contributed by atoms with Crippen LogP contribution in [0.1, 0.15) is 35.7 Å². The maximum absolute atomic E-state index is 13.3. The monoisotopic (exact) mass is 388 g/mol. The zero-order valence-electron chi connectivity index (χ0n) is 16.5. The lowest BCUT2D eigenvalue weighted by Crippen LogP contribution is -2.43. The van der Waals surface area contributed by atoms with E-state index in [1.165, 1.54) is 0 Å². The third-order valence-electron chi connectivity index (χ3n) is 5.47. The average Bonchev–Trinajstić information content (AvgIpc) is 2.92. The van der Waals surface area contributed by atoms with Gasteiger partial charge in [0.05, 0.1) is 11.1 Å². The number of fused-ring (bicyclic) bond motifs is 1. The molecule has 2 aromatic carbocycles. The number of carbonyl (C=O) groups excluding carboxylic acids is 2. The van der Waals surface area contributed by atoms with E-state index in [1.54, 1.807) is 23.4 Å². The van der Waals surface area contributed by atoms with E-state index in [9.17, 15) is 9.59 Å². The van der Waals surface area contributed by atoms with Crippen molar-refractivity contribution in [1.82, 2.24) is 19.8 Å². The Morgan fingerprint density at radius 2 is 1.86 bits per heavy atom. The van der Waals surface area contributed by atoms with Crippen LogP contribution in [0.25, 0.3) is 11.0 Å². The Balaban J connectivity index is 1.59. The van der Waals surface area contributed by atoms with Gasteiger partial charge in [0, 0.05) is 44.5 Å². The van der Waals surface area contributed by atoms with Crippen molar-refractivity contribution in [2.24, 2.45) is 0 Å². The Hall–Kier alpha value is -3.28. The van der Waals surface area contributed by atoms with Crippen LogP contribution >= 0.6 is 0 Å². The Labute approximate surface area is 170 Å². The number of carbonyl (C=O) groups is 2. The lowest BCUT2D eigenvalue weighted by Gasteiger charge is -2.31. The first-order valence-corrected chi connectivity index (χ1v) is 9.99. The highest BCUT2D eigenvalue weighted by Gasteiger charge is 2.31. The van der Waals surface area contributed by atoms with Crippen LogP contribution in [0.4, 0.5) is 0 Å². The van der Waals surface area contributed by atoms with Gasteiger partial charge in [0.25, 0.3) is 5.91 Å². The molecule has 6 heteroatoms. The summed E-state index contributed by atoms with van der Waals surface area (Å²) < 4.78 is 0. The third-order valence-corrected chi connectivity index (χ3v) is 5.47. The number of para-hydroxylation sites is 1. The van der Waals surface area contributed by atoms with Gasteiger partial charge in [-0.1, -0.05) is 43.3 Å². The molecule has 4 rings (SSSR count). The maximum Gasteiger partial charge on any atom is 0.256 e. The summed E-state index contributed by atoms with van der Waals surface area (Å²) in [5.74, 6) is -0.00220. The van der Waals surface area contributed by atoms with Gasteiger partial charge in [0.15, 0.2) is 0 Å². The molecule has 1 aliphatic rings. The van der Waals surface area contributed by atoms with Crippen LogP contribution in [0.15, 0.2) is 60.9 Å². The molecule has 1 fully saturated rings. The van der Waals surface area contributed by atoms with Crippen LogP contribution in [-0.2, 0) is 11.3 Å². The van der Waals surface area contributed by atoms with Crippen molar-refractivity contribution < 1.29 is 9.59 Å². The summed E-state index contributed by atoms with van der Waals surface area (Å²) in [5.41, 5.74) is 2.93. The SMILES string of the molecule is CC[C@H]1CN(C(=O)c2cccc3nccnc23)CCC(=O)N1Cc1ccccc1. The van der Waals surface area contributed by atoms with E-state index in [0.29, 0.717) is 42.7 Å². The number of amides is 2. The lowest BCUT2D eigenvalue weighted by molar-refractivity contribution is -0.133. The van der Waals surface area contributed by atoms with E-state index < -0.39 is 0 Å². The molecule has 29 heavy (non-hydrogen) atoms. The molecule has 1 aromatic heterocycles. The summed E-state index contributed by atoms with van der Waals surface area (Å²) >= 11 is 0. The van der Waals surface area contributed by atoms with Gasteiger partial charge < -0.3 is 9.80 Å². The van der Waals surface area contributed by atoms with Gasteiger partial charge in [-0.3, -0.25) is 19.6 Å². The first-order chi connectivity index (χ1) is 14.2. The minimum absolute atomic E-state index is 0.0183. The molecule has 148 valence electrons. The van der Waals surface area contributed by atoms with E-state index >= 15 is 0 Å². The van der Waals surface area contributed by atoms with Crippen LogP contribution in [0, 0.1) is 0 Å². The van der Waals surface area contributed by atoms with Gasteiger partial charge in [0.2, 0.25) is 5.91 Å². The largest absolute Gasteiger partial charge is 0.336 e. The molecule has 1 aliphatic heterocycles. The molecular formula is C23H24N4O2. The number of rotatable bonds is 4. The Morgan fingerprint density at radius 1 is 1.07 bits per heavy atom. The molecule has 0 N–H and O–H groups in total. The summed E-state index contributed by atoms with van der Waals surface area (Å²) in [5, 5.41) is 0. The van der Waals surface area contributed by atoms with Gasteiger partial charge in [-0.2, -0.15) is 0 Å². The van der Waals surface area contributed by atoms with Crippen molar-refractivity contribution in [3.63, 3.8) is 0 Å². The van der Waals surface area contributed by atoms with Gasteiger partial charge >= 0.3 is 0 Å². The molecule has 2 amide bonds. The first kappa shape index (κ1) is 19.1. The molecular weight excluding hydrogens is 364 g/mol. The number of hydrogen-bond donors (Lipinski definition) is 0. The predicted octanol–water partition coefficient (Wildman–Crippen LogP) is 3.28. The van der Waals surface area contributed by atoms with Crippen molar-refractivity contribution in [3.8, 4) is 0 Å². The smallest absolute Gasteiger partial charge is 0.256 e. The highest BCUT2D eigenvalue weighted by molar-refractivity contribution is 6.04. The zero-order valence-corrected chi connectivity index (χ0v) is 16.5. The standard InChI is InChI=1S/C23H24N4O2/c1-2-18-16-26(14-11-21(28)27(18)15-17-7-4-3-5-8-17)23(29)19-9-6-10-20-22(19)25-13-12-24-20/h3-10,12-13,18H,2,11,14-16H2,1H3/t18-/m0/s1. The number of benzene rings is 2. The summed E-state index contributed by atoms with van der Waals surface area (Å²) in [7, 11) is 0. The second-order valence-electron chi connectivity index (χ2n) is 7.30. The molecule has 0 unspecified atom stereocenters. The predicted molar refractivity (Wildman–Crippen MR) is 111 cm³/mol. The van der Waals surface area contributed by atoms with Gasteiger partial charge in [-0.25, -0.2) is 0 Å². The Bertz CT molecular complexity index is 1020. The zero-order chi connectivity index (χ0) is 20.2. The highest BCUT2D eigenvalue weighted by Crippen LogP contribution is 2.21. The second kappa shape index (κ2) is 8.39. The topological polar surface area (TPSA) is 66.4 Å². The molecule has 0 aliphatic carbocycles. The van der Waals surface area contributed by atoms with Crippen molar-refractivity contribution in [3.05, 3.63) is 72.1 Å². The molecule has 6 nitrogen and oxygen atoms in total. The van der Waals surface area contributed by atoms with E-state index in [0.717, 1.165) is 12.0 Å². The fourth-order valence-corrected chi connectivity index (χ4v) is 3.89. The number of nitrogens with zero attached hydrogens (tertiary/aromatic N) is 4. The van der Waals surface area contributed by atoms with Crippen LogP contribution in [0.2, 0.25) is 0 Å². The van der Waals surface area contributed by atoms with Gasteiger partial charge in [-0.15, -0.1) is 0 Å². The lowest BCUT2D eigenvalue weighted by atomic mass is 10.1. The van der Waals surface area contributed by atoms with E-state index in [4.69, 9.17) is 0 Å². The molecule has 1 atom stereocenters. The summed E-state index contributed by atoms with van der Waals surface area (Å²) in [6.45, 7) is 3.56. The van der Waals surface area contributed by atoms with Crippen molar-refractivity contribution in [2.75, 3.05) is 13.1 Å². The van der Waals surface area contributed by atoms with E-state index in [-0.39, 0.29) is 17.9 Å². The minimum atomic E-state index is -0.0936. The number of hydrogen-bond acceptors (Lipinski definition) is 4. The Morgan fingerprint density at radius 3 is 2.66 bits per heavy atom. The average molecular weight is 388 g/mol. The fourth-order valence-electron chi connectivity index (χ4n) is 3.89. The van der Waals surface area contributed by atoms with Crippen molar-refractivity contribution >= 4 is 22.8 Å². The molecule has 2 heterocycles. The molecule has 1 saturated heterocycles. The Kier molecular flexibility index (Phi) is 5.51. The van der Waals surface area contributed by atoms with Gasteiger partial charge in [0.1, 0.15) is 5.52 Å². The molecule has 3 aromatic rings. The summed E-state index contributed by atoms with van der Waals surface area (Å²) in [4.78, 5) is 38.6. The minimum Gasteiger partial charge on any atom is -0.336 e. The number of aromatic nitrogens is 2. The molecule has 0 radical (unpaired) electrons. The first-order valence-electron chi connectivity index (χ1n) is 9.99. The quantitative estimate of drug-likeness (QED) is 0.688. The third kappa shape index (κ3) is 3.97. The van der Waals surface area contributed by atoms with Crippen molar-refractivity contribution in [1.29, 1.82) is 0 Å². The van der Waals surface area contributed by atoms with E-state index in [2.05, 4.69) is 16.9 Å². The van der Waals surface area contributed by atoms with Crippen LogP contribution in [0.5, 0.6) is 0 Å². The molecule has 0 spiro atoms. The van der Waals surface area contributed by atoms with Crippen molar-refractivity contribution in [2.45, 2.75) is 32.4 Å². The van der Waals surface area contributed by atoms with Crippen LogP contribution in [-0.4, -0.2) is 50.7 Å². The normalized spacial score (nSPS) is 17.4. The van der Waals surface area contributed by atoms with Crippen LogP contribution < -0.4 is 0 Å². The van der Waals surface area contributed by atoms with Gasteiger partial charge in [-0.05, 0) is 24.1 Å². The molecule has 0 bridgehead atoms. The summed E-state index contributed by atoms with van der Waals surface area (Å²) in [6, 6.07) is 15.4. The summed E-state index contributed by atoms with van der Waals surface area (Å²) in [6.07, 6.45) is 4.33. The van der Waals surface area contributed by atoms with E-state index in [1.807, 2.05) is 47.4 Å². The second-order valence-corrected chi connectivity index (χ2v) is 7.30. The molecule has 0 saturated carbocycles. The fraction of sp³-hybridized carbons (Fsp3) is 0.304. The van der Waals surface area contributed by atoms with Crippen LogP contribution in [0.3, 0.4) is 0 Å². The highest BCUT2D eigenvalue weighted by atomic mass is 16.2. The maximum atomic E-state index is 13.3.